The van der Waals surface area contributed by atoms with Crippen LogP contribution in [0.25, 0.3) is 0 Å². The van der Waals surface area contributed by atoms with E-state index in [9.17, 15) is 11.4 Å². The molecule has 0 amide bonds. The summed E-state index contributed by atoms with van der Waals surface area (Å²) in [4.78, 5) is 0. The molecule has 0 aliphatic rings. The van der Waals surface area contributed by atoms with Crippen molar-refractivity contribution in [2.24, 2.45) is 0 Å². The van der Waals surface area contributed by atoms with Gasteiger partial charge in [-0.25, -0.2) is 0 Å². The van der Waals surface area contributed by atoms with Crippen LogP contribution < -0.4 is 4.03 Å². The van der Waals surface area contributed by atoms with Gasteiger partial charge in [0, 0.05) is 13.8 Å². The van der Waals surface area contributed by atoms with E-state index >= 15 is 0 Å². The molecule has 0 radical (unpaired) electrons. The number of nitriles is 2. The molecule has 0 aromatic carbocycles. The van der Waals surface area contributed by atoms with Crippen molar-refractivity contribution in [2.45, 2.75) is 41.5 Å². The zero-order valence-corrected chi connectivity index (χ0v) is 18.8. The summed E-state index contributed by atoms with van der Waals surface area (Å²) < 4.78 is 31.1. The maximum atomic E-state index is 9.95. The number of hydrogen-bond donors (Lipinski definition) is 0. The van der Waals surface area contributed by atoms with Crippen molar-refractivity contribution < 1.29 is 22.9 Å². The van der Waals surface area contributed by atoms with Gasteiger partial charge < -0.3 is 4.48 Å². The third-order valence-electron chi connectivity index (χ3n) is 2.68. The van der Waals surface area contributed by atoms with Crippen molar-refractivity contribution >= 4 is 39.4 Å². The fraction of sp³-hybridized carbons (Fsp3) is 0.833. The second-order valence-corrected chi connectivity index (χ2v) is 28.4. The van der Waals surface area contributed by atoms with Gasteiger partial charge in [0.2, 0.25) is 0 Å². The van der Waals surface area contributed by atoms with Gasteiger partial charge in [-0.15, -0.1) is 0 Å². The van der Waals surface area contributed by atoms with Crippen LogP contribution >= 0.6 is 39.4 Å². The second-order valence-electron chi connectivity index (χ2n) is 4.49. The first kappa shape index (κ1) is 31.1. The second kappa shape index (κ2) is 9.08. The number of rotatable bonds is 4. The number of nitrogens with zero attached hydrogens (tertiary/aromatic N) is 3. The molecular weight excluding hydrogens is 427 g/mol. The van der Waals surface area contributed by atoms with Crippen LogP contribution in [-0.2, 0) is 14.4 Å². The number of halogens is 4. The van der Waals surface area contributed by atoms with Gasteiger partial charge in [0.25, 0.3) is 0 Å². The van der Waals surface area contributed by atoms with Crippen molar-refractivity contribution in [3.05, 3.63) is 0 Å². The Morgan fingerprint density at radius 2 is 0.913 bits per heavy atom. The van der Waals surface area contributed by atoms with Crippen molar-refractivity contribution in [1.82, 2.24) is 0 Å². The molecule has 0 aliphatic heterocycles. The average molecular weight is 453 g/mol. The molecule has 0 atom stereocenters. The molecule has 0 aromatic rings. The zero-order valence-electron chi connectivity index (χ0n) is 14.4. The van der Waals surface area contributed by atoms with Gasteiger partial charge in [-0.3, -0.25) is 0 Å². The number of quaternary nitrogens is 1. The topological polar surface area (TPSA) is 105 Å². The van der Waals surface area contributed by atoms with Crippen LogP contribution in [0.3, 0.4) is 0 Å². The molecule has 11 heteroatoms. The Morgan fingerprint density at radius 1 is 0.826 bits per heavy atom. The molecule has 0 saturated carbocycles. The van der Waals surface area contributed by atoms with E-state index in [1.807, 2.05) is 0 Å². The van der Waals surface area contributed by atoms with Gasteiger partial charge >= 0.3 is 57.8 Å². The van der Waals surface area contributed by atoms with Crippen LogP contribution in [0.15, 0.2) is 0 Å². The standard InChI is InChI=1S/C8H20N.2C2H3N.4ClH.3O.V/c1-5-9(6-2,7-3)8-4;2*1-2-3;;;;;;;;/h5-8H2,1-4H3;2*1H3;4*1H;;;;/q+1;;;;;;;;;-1;+4/p-4. The van der Waals surface area contributed by atoms with Gasteiger partial charge in [-0.05, 0) is 27.7 Å². The molecule has 140 valence electrons. The van der Waals surface area contributed by atoms with Gasteiger partial charge in [-0.2, -0.15) is 10.5 Å². The quantitative estimate of drug-likeness (QED) is 0.592. The molecule has 0 fully saturated rings. The van der Waals surface area contributed by atoms with Gasteiger partial charge in [-0.1, -0.05) is 0 Å². The SMILES string of the molecule is CC#N.CC#N.CC[N+](CC)(CC)CC.[O]=[V](=[O])([O-])([Cl])([Cl])([Cl])[Cl]. The van der Waals surface area contributed by atoms with Crippen LogP contribution in [0.4, 0.5) is 0 Å². The first-order valence-corrected chi connectivity index (χ1v) is 16.2. The first-order valence-electron chi connectivity index (χ1n) is 6.76. The van der Waals surface area contributed by atoms with Gasteiger partial charge in [0.05, 0.1) is 38.3 Å². The monoisotopic (exact) mass is 451 g/mol. The Kier molecular flexibility index (Phi) is 12.3. The van der Waals surface area contributed by atoms with Crippen molar-refractivity contribution in [3.63, 3.8) is 0 Å². The Balaban J connectivity index is -0.000000118. The summed E-state index contributed by atoms with van der Waals surface area (Å²) in [6.45, 7) is 17.1. The summed E-state index contributed by atoms with van der Waals surface area (Å²) in [6.07, 6.45) is 0. The normalized spacial score (nSPS) is 14.7. The van der Waals surface area contributed by atoms with Crippen molar-refractivity contribution in [1.29, 1.82) is 10.5 Å². The van der Waals surface area contributed by atoms with Gasteiger partial charge in [0.1, 0.15) is 0 Å². The molecule has 23 heavy (non-hydrogen) atoms. The van der Waals surface area contributed by atoms with Crippen LogP contribution in [0.1, 0.15) is 41.5 Å². The zero-order chi connectivity index (χ0) is 20.1. The van der Waals surface area contributed by atoms with E-state index in [0.29, 0.717) is 0 Å². The minimum atomic E-state index is -8.48. The first-order chi connectivity index (χ1) is 9.72. The molecule has 0 aromatic heterocycles. The fourth-order valence-corrected chi connectivity index (χ4v) is 1.34. The molecule has 6 nitrogen and oxygen atoms in total. The van der Waals surface area contributed by atoms with E-state index in [4.69, 9.17) is 10.5 Å². The van der Waals surface area contributed by atoms with Crippen LogP contribution in [0, 0.1) is 22.7 Å². The maximum absolute atomic E-state index is 9.95. The van der Waals surface area contributed by atoms with Crippen LogP contribution in [0.2, 0.25) is 0 Å². The van der Waals surface area contributed by atoms with E-state index < -0.39 is 7.04 Å². The third kappa shape index (κ3) is 60.8. The Morgan fingerprint density at radius 3 is 0.913 bits per heavy atom. The minimum absolute atomic E-state index is 1.28. The molecule has 0 unspecified atom stereocenters. The predicted octanol–water partition coefficient (Wildman–Crippen LogP) is 4.27. The van der Waals surface area contributed by atoms with Crippen LogP contribution in [-0.4, -0.2) is 30.7 Å². The molecule has 0 rings (SSSR count). The summed E-state index contributed by atoms with van der Waals surface area (Å²) >= 11 is 0. The van der Waals surface area contributed by atoms with E-state index in [2.05, 4.69) is 67.1 Å². The molecule has 0 bridgehead atoms. The molecule has 0 N–H and O–H groups in total. The molecule has 0 aliphatic carbocycles. The van der Waals surface area contributed by atoms with Crippen LogP contribution in [0.5, 0.6) is 0 Å². The Hall–Kier alpha value is 0.244. The third-order valence-corrected chi connectivity index (χ3v) is 2.68. The van der Waals surface area contributed by atoms with E-state index in [-0.39, 0.29) is 0 Å². The average Bonchev–Trinajstić information content (AvgIpc) is 2.30. The van der Waals surface area contributed by atoms with E-state index in [1.54, 1.807) is 12.1 Å². The predicted molar refractivity (Wildman–Crippen MR) is 89.8 cm³/mol. The Bertz CT molecular complexity index is 539. The van der Waals surface area contributed by atoms with Crippen molar-refractivity contribution in [3.8, 4) is 12.1 Å². The number of hydrogen-bond acceptors (Lipinski definition) is 5. The Labute approximate surface area is 152 Å². The van der Waals surface area contributed by atoms with Gasteiger partial charge in [0.15, 0.2) is 0 Å². The van der Waals surface area contributed by atoms with E-state index in [1.165, 1.54) is 44.5 Å². The summed E-state index contributed by atoms with van der Waals surface area (Å²) in [6, 6.07) is 3.50. The summed E-state index contributed by atoms with van der Waals surface area (Å²) in [5.41, 5.74) is 0. The fourth-order valence-electron chi connectivity index (χ4n) is 1.34. The summed E-state index contributed by atoms with van der Waals surface area (Å²) in [5.74, 6) is 0. The molecule has 0 heterocycles. The van der Waals surface area contributed by atoms with Crippen molar-refractivity contribution in [2.75, 3.05) is 26.2 Å². The molecule has 0 saturated heterocycles. The summed E-state index contributed by atoms with van der Waals surface area (Å²) in [5, 5.41) is 14.6. The van der Waals surface area contributed by atoms with E-state index in [0.717, 1.165) is 0 Å². The molecule has 0 spiro atoms. The summed E-state index contributed by atoms with van der Waals surface area (Å²) in [7, 11) is 7.91. The molecular formula is C12H26Cl4N3O3V.